The minimum atomic E-state index is -3.60. The van der Waals surface area contributed by atoms with Crippen LogP contribution >= 0.6 is 11.8 Å². The molecule has 0 spiro atoms. The SMILES string of the molecule is COc1ccc(S(=O)(=O)N2CCCC(C(=O)NCCSC3CCCC3)C2)cc1. The molecular formula is C20H30N2O4S2. The predicted octanol–water partition coefficient (Wildman–Crippen LogP) is 2.89. The van der Waals surface area contributed by atoms with E-state index in [1.165, 1.54) is 30.0 Å². The van der Waals surface area contributed by atoms with Crippen molar-refractivity contribution in [2.24, 2.45) is 5.92 Å². The number of rotatable bonds is 8. The lowest BCUT2D eigenvalue weighted by atomic mass is 9.99. The summed E-state index contributed by atoms with van der Waals surface area (Å²) < 4.78 is 32.4. The maximum Gasteiger partial charge on any atom is 0.243 e. The van der Waals surface area contributed by atoms with Crippen molar-refractivity contribution in [2.75, 3.05) is 32.5 Å². The Kier molecular flexibility index (Phi) is 7.65. The number of benzene rings is 1. The first-order chi connectivity index (χ1) is 13.5. The van der Waals surface area contributed by atoms with Crippen molar-refractivity contribution in [1.29, 1.82) is 0 Å². The van der Waals surface area contributed by atoms with E-state index in [1.54, 1.807) is 31.4 Å². The first kappa shape index (κ1) is 21.5. The highest BCUT2D eigenvalue weighted by atomic mass is 32.2. The van der Waals surface area contributed by atoms with Crippen LogP contribution in [0.2, 0.25) is 0 Å². The predicted molar refractivity (Wildman–Crippen MR) is 112 cm³/mol. The fourth-order valence-electron chi connectivity index (χ4n) is 3.87. The third-order valence-electron chi connectivity index (χ3n) is 5.51. The zero-order valence-corrected chi connectivity index (χ0v) is 18.1. The van der Waals surface area contributed by atoms with E-state index >= 15 is 0 Å². The zero-order valence-electron chi connectivity index (χ0n) is 16.4. The summed E-state index contributed by atoms with van der Waals surface area (Å²) in [5.41, 5.74) is 0. The maximum absolute atomic E-state index is 12.9. The van der Waals surface area contributed by atoms with Gasteiger partial charge >= 0.3 is 0 Å². The molecule has 1 aliphatic heterocycles. The number of nitrogens with one attached hydrogen (secondary N) is 1. The van der Waals surface area contributed by atoms with E-state index in [1.807, 2.05) is 11.8 Å². The number of piperidine rings is 1. The summed E-state index contributed by atoms with van der Waals surface area (Å²) in [7, 11) is -2.05. The van der Waals surface area contributed by atoms with Gasteiger partial charge in [0.15, 0.2) is 0 Å². The van der Waals surface area contributed by atoms with Gasteiger partial charge in [0.2, 0.25) is 15.9 Å². The molecule has 1 aliphatic carbocycles. The molecule has 0 bridgehead atoms. The Balaban J connectivity index is 1.51. The van der Waals surface area contributed by atoms with Crippen LogP contribution in [0.15, 0.2) is 29.2 Å². The quantitative estimate of drug-likeness (QED) is 0.647. The lowest BCUT2D eigenvalue weighted by molar-refractivity contribution is -0.125. The molecule has 28 heavy (non-hydrogen) atoms. The molecule has 1 aromatic rings. The van der Waals surface area contributed by atoms with Crippen LogP contribution in [-0.2, 0) is 14.8 Å². The van der Waals surface area contributed by atoms with Gasteiger partial charge in [0.05, 0.1) is 17.9 Å². The van der Waals surface area contributed by atoms with Crippen LogP contribution in [0.4, 0.5) is 0 Å². The van der Waals surface area contributed by atoms with E-state index in [4.69, 9.17) is 4.74 Å². The van der Waals surface area contributed by atoms with Crippen LogP contribution in [-0.4, -0.2) is 56.4 Å². The van der Waals surface area contributed by atoms with Crippen molar-refractivity contribution < 1.29 is 17.9 Å². The molecule has 1 saturated heterocycles. The fraction of sp³-hybridized carbons (Fsp3) is 0.650. The number of methoxy groups -OCH3 is 1. The van der Waals surface area contributed by atoms with E-state index in [0.29, 0.717) is 25.3 Å². The molecule has 1 N–H and O–H groups in total. The van der Waals surface area contributed by atoms with Crippen molar-refractivity contribution in [2.45, 2.75) is 48.7 Å². The summed E-state index contributed by atoms with van der Waals surface area (Å²) in [6, 6.07) is 6.39. The summed E-state index contributed by atoms with van der Waals surface area (Å²) in [6.07, 6.45) is 6.66. The minimum Gasteiger partial charge on any atom is -0.497 e. The third-order valence-corrected chi connectivity index (χ3v) is 8.77. The summed E-state index contributed by atoms with van der Waals surface area (Å²) in [4.78, 5) is 12.8. The van der Waals surface area contributed by atoms with E-state index < -0.39 is 10.0 Å². The van der Waals surface area contributed by atoms with Crippen LogP contribution < -0.4 is 10.1 Å². The minimum absolute atomic E-state index is 0.0262. The molecule has 156 valence electrons. The molecule has 1 saturated carbocycles. The Morgan fingerprint density at radius 2 is 1.89 bits per heavy atom. The summed E-state index contributed by atoms with van der Waals surface area (Å²) >= 11 is 1.95. The molecule has 2 fully saturated rings. The number of sulfonamides is 1. The summed E-state index contributed by atoms with van der Waals surface area (Å²) in [6.45, 7) is 1.35. The molecule has 8 heteroatoms. The largest absolute Gasteiger partial charge is 0.497 e. The van der Waals surface area contributed by atoms with Crippen molar-refractivity contribution >= 4 is 27.7 Å². The molecule has 3 rings (SSSR count). The van der Waals surface area contributed by atoms with E-state index in [9.17, 15) is 13.2 Å². The van der Waals surface area contributed by atoms with Crippen molar-refractivity contribution in [3.8, 4) is 5.75 Å². The van der Waals surface area contributed by atoms with Gasteiger partial charge < -0.3 is 10.1 Å². The fourth-order valence-corrected chi connectivity index (χ4v) is 6.61. The average molecular weight is 427 g/mol. The summed E-state index contributed by atoms with van der Waals surface area (Å²) in [5.74, 6) is 1.24. The van der Waals surface area contributed by atoms with Crippen LogP contribution in [0.1, 0.15) is 38.5 Å². The van der Waals surface area contributed by atoms with E-state index in [-0.39, 0.29) is 23.3 Å². The third kappa shape index (κ3) is 5.42. The Labute approximate surface area is 172 Å². The normalized spacial score (nSPS) is 21.5. The first-order valence-electron chi connectivity index (χ1n) is 10.0. The second-order valence-corrected chi connectivity index (χ2v) is 10.8. The summed E-state index contributed by atoms with van der Waals surface area (Å²) in [5, 5.41) is 3.75. The Bertz CT molecular complexity index is 746. The number of carbonyl (C=O) groups is 1. The van der Waals surface area contributed by atoms with Gasteiger partial charge in [-0.2, -0.15) is 16.1 Å². The second kappa shape index (κ2) is 9.98. The highest BCUT2D eigenvalue weighted by molar-refractivity contribution is 7.99. The molecular weight excluding hydrogens is 396 g/mol. The standard InChI is InChI=1S/C20H30N2O4S2/c1-26-17-8-10-19(11-9-17)28(24,25)22-13-4-5-16(15-22)20(23)21-12-14-27-18-6-2-3-7-18/h8-11,16,18H,2-7,12-15H2,1H3,(H,21,23). The van der Waals surface area contributed by atoms with Gasteiger partial charge in [-0.05, 0) is 49.9 Å². The molecule has 2 aliphatic rings. The smallest absolute Gasteiger partial charge is 0.243 e. The van der Waals surface area contributed by atoms with E-state index in [2.05, 4.69) is 5.32 Å². The van der Waals surface area contributed by atoms with Crippen LogP contribution in [0.25, 0.3) is 0 Å². The van der Waals surface area contributed by atoms with E-state index in [0.717, 1.165) is 17.4 Å². The number of ether oxygens (including phenoxy) is 1. The molecule has 1 amide bonds. The Morgan fingerprint density at radius 3 is 2.57 bits per heavy atom. The Hall–Kier alpha value is -1.25. The Morgan fingerprint density at radius 1 is 1.18 bits per heavy atom. The van der Waals surface area contributed by atoms with Gasteiger partial charge in [0, 0.05) is 30.6 Å². The van der Waals surface area contributed by atoms with Gasteiger partial charge in [-0.3, -0.25) is 4.79 Å². The van der Waals surface area contributed by atoms with Crippen LogP contribution in [0, 0.1) is 5.92 Å². The highest BCUT2D eigenvalue weighted by Crippen LogP contribution is 2.29. The topological polar surface area (TPSA) is 75.7 Å². The second-order valence-electron chi connectivity index (χ2n) is 7.45. The molecule has 1 heterocycles. The maximum atomic E-state index is 12.9. The van der Waals surface area contributed by atoms with Gasteiger partial charge in [0.1, 0.15) is 5.75 Å². The first-order valence-corrected chi connectivity index (χ1v) is 12.5. The number of carbonyl (C=O) groups excluding carboxylic acids is 1. The monoisotopic (exact) mass is 426 g/mol. The molecule has 6 nitrogen and oxygen atoms in total. The average Bonchev–Trinajstić information content (AvgIpc) is 3.24. The van der Waals surface area contributed by atoms with Gasteiger partial charge in [-0.15, -0.1) is 0 Å². The number of hydrogen-bond donors (Lipinski definition) is 1. The number of amides is 1. The number of nitrogens with zero attached hydrogens (tertiary/aromatic N) is 1. The lowest BCUT2D eigenvalue weighted by Gasteiger charge is -2.31. The van der Waals surface area contributed by atoms with Gasteiger partial charge in [0.25, 0.3) is 0 Å². The number of hydrogen-bond acceptors (Lipinski definition) is 5. The lowest BCUT2D eigenvalue weighted by Crippen LogP contribution is -2.45. The van der Waals surface area contributed by atoms with Crippen molar-refractivity contribution in [3.63, 3.8) is 0 Å². The molecule has 1 atom stereocenters. The zero-order chi connectivity index (χ0) is 20.0. The van der Waals surface area contributed by atoms with Crippen molar-refractivity contribution in [1.82, 2.24) is 9.62 Å². The van der Waals surface area contributed by atoms with Gasteiger partial charge in [-0.1, -0.05) is 12.8 Å². The van der Waals surface area contributed by atoms with Crippen molar-refractivity contribution in [3.05, 3.63) is 24.3 Å². The molecule has 0 radical (unpaired) electrons. The molecule has 1 aromatic carbocycles. The highest BCUT2D eigenvalue weighted by Gasteiger charge is 2.33. The molecule has 1 unspecified atom stereocenters. The van der Waals surface area contributed by atoms with Gasteiger partial charge in [-0.25, -0.2) is 8.42 Å². The molecule has 0 aromatic heterocycles. The van der Waals surface area contributed by atoms with Crippen LogP contribution in [0.5, 0.6) is 5.75 Å². The number of thioether (sulfide) groups is 1. The van der Waals surface area contributed by atoms with Crippen LogP contribution in [0.3, 0.4) is 0 Å².